The van der Waals surface area contributed by atoms with Crippen LogP contribution in [-0.2, 0) is 0 Å². The molecule has 0 saturated heterocycles. The van der Waals surface area contributed by atoms with E-state index in [0.29, 0.717) is 0 Å². The van der Waals surface area contributed by atoms with E-state index in [1.165, 1.54) is 49.8 Å². The van der Waals surface area contributed by atoms with Gasteiger partial charge in [-0.3, -0.25) is 0 Å². The molecule has 0 spiro atoms. The molecule has 0 heterocycles. The first-order valence-corrected chi connectivity index (χ1v) is 7.53. The lowest BCUT2D eigenvalue weighted by molar-refractivity contribution is 0.617. The average Bonchev–Trinajstić information content (AvgIpc) is 2.30. The molecule has 0 aliphatic rings. The predicted molar refractivity (Wildman–Crippen MR) is 80.7 cm³/mol. The number of halogens is 1. The Bertz CT molecular complexity index is 323. The quantitative estimate of drug-likeness (QED) is 0.622. The molecule has 0 aliphatic carbocycles. The molecule has 0 atom stereocenters. The highest BCUT2D eigenvalue weighted by atomic mass is 79.9. The van der Waals surface area contributed by atoms with E-state index in [-0.39, 0.29) is 0 Å². The van der Waals surface area contributed by atoms with Gasteiger partial charge in [0, 0.05) is 16.7 Å². The van der Waals surface area contributed by atoms with Crippen LogP contribution in [0.4, 0.5) is 5.69 Å². The molecule has 1 nitrogen and oxygen atoms in total. The third kappa shape index (κ3) is 6.11. The molecule has 1 aromatic carbocycles. The van der Waals surface area contributed by atoms with Gasteiger partial charge < -0.3 is 5.32 Å². The standard InChI is InChI=1S/C15H24BrN/c1-3-4-5-6-7-8-11-17-15-10-9-14(16)12-13(15)2/h9-10,12,17H,3-8,11H2,1-2H3. The van der Waals surface area contributed by atoms with Crippen LogP contribution in [-0.4, -0.2) is 6.54 Å². The van der Waals surface area contributed by atoms with Gasteiger partial charge in [0.1, 0.15) is 0 Å². The molecule has 0 radical (unpaired) electrons. The molecular weight excluding hydrogens is 274 g/mol. The second-order valence-corrected chi connectivity index (χ2v) is 5.57. The largest absolute Gasteiger partial charge is 0.385 e. The van der Waals surface area contributed by atoms with Crippen LogP contribution in [0.1, 0.15) is 51.0 Å². The Hall–Kier alpha value is -0.500. The van der Waals surface area contributed by atoms with Crippen molar-refractivity contribution in [1.29, 1.82) is 0 Å². The van der Waals surface area contributed by atoms with Crippen molar-refractivity contribution >= 4 is 21.6 Å². The Balaban J connectivity index is 2.14. The number of benzene rings is 1. The van der Waals surface area contributed by atoms with Crippen molar-refractivity contribution in [1.82, 2.24) is 0 Å². The minimum Gasteiger partial charge on any atom is -0.385 e. The van der Waals surface area contributed by atoms with E-state index in [2.05, 4.69) is 53.3 Å². The number of rotatable bonds is 8. The molecule has 0 saturated carbocycles. The summed E-state index contributed by atoms with van der Waals surface area (Å²) in [4.78, 5) is 0. The molecule has 0 aromatic heterocycles. The lowest BCUT2D eigenvalue weighted by Gasteiger charge is -2.09. The molecule has 0 unspecified atom stereocenters. The zero-order valence-electron chi connectivity index (χ0n) is 11.1. The summed E-state index contributed by atoms with van der Waals surface area (Å²) in [5.41, 5.74) is 2.58. The Kier molecular flexibility index (Phi) is 7.34. The first kappa shape index (κ1) is 14.6. The van der Waals surface area contributed by atoms with Crippen LogP contribution in [0.15, 0.2) is 22.7 Å². The van der Waals surface area contributed by atoms with E-state index in [1.54, 1.807) is 0 Å². The van der Waals surface area contributed by atoms with Crippen LogP contribution >= 0.6 is 15.9 Å². The van der Waals surface area contributed by atoms with Gasteiger partial charge in [0.05, 0.1) is 0 Å². The number of hydrogen-bond donors (Lipinski definition) is 1. The van der Waals surface area contributed by atoms with Crippen molar-refractivity contribution in [2.75, 3.05) is 11.9 Å². The summed E-state index contributed by atoms with van der Waals surface area (Å²) in [7, 11) is 0. The smallest absolute Gasteiger partial charge is 0.0370 e. The van der Waals surface area contributed by atoms with Crippen LogP contribution in [0.5, 0.6) is 0 Å². The maximum absolute atomic E-state index is 3.51. The fourth-order valence-electron chi connectivity index (χ4n) is 1.95. The summed E-state index contributed by atoms with van der Waals surface area (Å²) in [6.07, 6.45) is 8.13. The molecule has 0 aliphatic heterocycles. The topological polar surface area (TPSA) is 12.0 Å². The van der Waals surface area contributed by atoms with Gasteiger partial charge in [-0.1, -0.05) is 55.0 Å². The van der Waals surface area contributed by atoms with E-state index >= 15 is 0 Å². The van der Waals surface area contributed by atoms with Crippen molar-refractivity contribution in [2.45, 2.75) is 52.4 Å². The normalized spacial score (nSPS) is 10.5. The summed E-state index contributed by atoms with van der Waals surface area (Å²) in [5.74, 6) is 0. The number of aryl methyl sites for hydroxylation is 1. The summed E-state index contributed by atoms with van der Waals surface area (Å²) in [6.45, 7) is 5.50. The van der Waals surface area contributed by atoms with Crippen molar-refractivity contribution in [3.8, 4) is 0 Å². The second kappa shape index (κ2) is 8.57. The highest BCUT2D eigenvalue weighted by molar-refractivity contribution is 9.10. The lowest BCUT2D eigenvalue weighted by atomic mass is 10.1. The number of anilines is 1. The Morgan fingerprint density at radius 2 is 1.76 bits per heavy atom. The summed E-state index contributed by atoms with van der Waals surface area (Å²) < 4.78 is 1.15. The van der Waals surface area contributed by atoms with Gasteiger partial charge in [0.15, 0.2) is 0 Å². The number of nitrogens with one attached hydrogen (secondary N) is 1. The van der Waals surface area contributed by atoms with Gasteiger partial charge in [-0.25, -0.2) is 0 Å². The maximum Gasteiger partial charge on any atom is 0.0370 e. The van der Waals surface area contributed by atoms with Crippen molar-refractivity contribution in [3.05, 3.63) is 28.2 Å². The van der Waals surface area contributed by atoms with Crippen LogP contribution < -0.4 is 5.32 Å². The Morgan fingerprint density at radius 1 is 1.06 bits per heavy atom. The third-order valence-electron chi connectivity index (χ3n) is 3.03. The maximum atomic E-state index is 3.51. The van der Waals surface area contributed by atoms with Gasteiger partial charge in [-0.2, -0.15) is 0 Å². The van der Waals surface area contributed by atoms with Gasteiger partial charge in [-0.05, 0) is 37.1 Å². The molecule has 1 N–H and O–H groups in total. The van der Waals surface area contributed by atoms with E-state index in [9.17, 15) is 0 Å². The minimum atomic E-state index is 1.09. The monoisotopic (exact) mass is 297 g/mol. The fourth-order valence-corrected chi connectivity index (χ4v) is 2.43. The zero-order valence-corrected chi connectivity index (χ0v) is 12.6. The van der Waals surface area contributed by atoms with E-state index in [1.807, 2.05) is 0 Å². The van der Waals surface area contributed by atoms with Crippen LogP contribution in [0.2, 0.25) is 0 Å². The van der Waals surface area contributed by atoms with Gasteiger partial charge >= 0.3 is 0 Å². The average molecular weight is 298 g/mol. The number of unbranched alkanes of at least 4 members (excludes halogenated alkanes) is 5. The Labute approximate surface area is 114 Å². The summed E-state index contributed by atoms with van der Waals surface area (Å²) in [5, 5.41) is 3.51. The minimum absolute atomic E-state index is 1.09. The highest BCUT2D eigenvalue weighted by Gasteiger charge is 1.97. The van der Waals surface area contributed by atoms with E-state index in [0.717, 1.165) is 11.0 Å². The molecule has 0 bridgehead atoms. The molecule has 96 valence electrons. The molecule has 0 amide bonds. The van der Waals surface area contributed by atoms with Crippen molar-refractivity contribution in [2.24, 2.45) is 0 Å². The van der Waals surface area contributed by atoms with Crippen molar-refractivity contribution < 1.29 is 0 Å². The fraction of sp³-hybridized carbons (Fsp3) is 0.600. The highest BCUT2D eigenvalue weighted by Crippen LogP contribution is 2.20. The van der Waals surface area contributed by atoms with Crippen LogP contribution in [0.3, 0.4) is 0 Å². The molecule has 0 fully saturated rings. The SMILES string of the molecule is CCCCCCCCNc1ccc(Br)cc1C. The molecule has 17 heavy (non-hydrogen) atoms. The van der Waals surface area contributed by atoms with E-state index < -0.39 is 0 Å². The lowest BCUT2D eigenvalue weighted by Crippen LogP contribution is -2.02. The van der Waals surface area contributed by atoms with Crippen molar-refractivity contribution in [3.63, 3.8) is 0 Å². The molecule has 2 heteroatoms. The first-order valence-electron chi connectivity index (χ1n) is 6.74. The van der Waals surface area contributed by atoms with Gasteiger partial charge in [0.25, 0.3) is 0 Å². The molecule has 1 aromatic rings. The summed E-state index contributed by atoms with van der Waals surface area (Å²) >= 11 is 3.49. The molecule has 1 rings (SSSR count). The number of hydrogen-bond acceptors (Lipinski definition) is 1. The second-order valence-electron chi connectivity index (χ2n) is 4.65. The van der Waals surface area contributed by atoms with Gasteiger partial charge in [-0.15, -0.1) is 0 Å². The first-order chi connectivity index (χ1) is 8.24. The zero-order chi connectivity index (χ0) is 12.5. The summed E-state index contributed by atoms with van der Waals surface area (Å²) in [6, 6.07) is 6.40. The predicted octanol–water partition coefficient (Wildman–Crippen LogP) is 5.53. The van der Waals surface area contributed by atoms with Crippen LogP contribution in [0, 0.1) is 6.92 Å². The Morgan fingerprint density at radius 3 is 2.47 bits per heavy atom. The van der Waals surface area contributed by atoms with E-state index in [4.69, 9.17) is 0 Å². The molecular formula is C15H24BrN. The van der Waals surface area contributed by atoms with Crippen LogP contribution in [0.25, 0.3) is 0 Å². The third-order valence-corrected chi connectivity index (χ3v) is 3.53. The van der Waals surface area contributed by atoms with Gasteiger partial charge in [0.2, 0.25) is 0 Å².